The molecule has 1 fully saturated rings. The Morgan fingerprint density at radius 3 is 2.80 bits per heavy atom. The van der Waals surface area contributed by atoms with Gasteiger partial charge in [0.1, 0.15) is 12.4 Å². The minimum Gasteiger partial charge on any atom is -0.492 e. The number of methoxy groups -OCH3 is 1. The summed E-state index contributed by atoms with van der Waals surface area (Å²) in [5.74, 6) is 0.876. The third kappa shape index (κ3) is 4.49. The second kappa shape index (κ2) is 7.64. The molecule has 0 N–H and O–H groups in total. The molecular formula is C15H20BrNO3. The number of likely N-dealkylation sites (tertiary alicyclic amines) is 1. The van der Waals surface area contributed by atoms with Gasteiger partial charge in [-0.2, -0.15) is 0 Å². The largest absolute Gasteiger partial charge is 0.492 e. The lowest BCUT2D eigenvalue weighted by Crippen LogP contribution is -2.38. The number of rotatable bonds is 5. The zero-order chi connectivity index (χ0) is 14.4. The van der Waals surface area contributed by atoms with Crippen LogP contribution >= 0.6 is 15.9 Å². The topological polar surface area (TPSA) is 38.8 Å². The molecule has 0 radical (unpaired) electrons. The fraction of sp³-hybridized carbons (Fsp3) is 0.533. The number of hydrogen-bond acceptors (Lipinski definition) is 4. The summed E-state index contributed by atoms with van der Waals surface area (Å²) in [6.07, 6.45) is 1.76. The van der Waals surface area contributed by atoms with Gasteiger partial charge >= 0.3 is 5.97 Å². The average molecular weight is 342 g/mol. The molecule has 0 aromatic heterocycles. The number of piperidine rings is 1. The van der Waals surface area contributed by atoms with E-state index in [1.807, 2.05) is 24.3 Å². The van der Waals surface area contributed by atoms with Crippen LogP contribution in [0.25, 0.3) is 0 Å². The minimum atomic E-state index is -0.0740. The van der Waals surface area contributed by atoms with Crippen LogP contribution in [-0.2, 0) is 9.53 Å². The Balaban J connectivity index is 1.67. The molecule has 0 unspecified atom stereocenters. The molecule has 1 aliphatic heterocycles. The van der Waals surface area contributed by atoms with Crippen molar-refractivity contribution in [3.05, 3.63) is 28.7 Å². The molecular weight excluding hydrogens is 322 g/mol. The van der Waals surface area contributed by atoms with Crippen molar-refractivity contribution in [2.24, 2.45) is 5.92 Å². The number of ether oxygens (including phenoxy) is 2. The van der Waals surface area contributed by atoms with Crippen LogP contribution in [0.3, 0.4) is 0 Å². The molecule has 1 saturated heterocycles. The van der Waals surface area contributed by atoms with Gasteiger partial charge in [0.25, 0.3) is 0 Å². The Morgan fingerprint density at radius 2 is 2.15 bits per heavy atom. The molecule has 0 amide bonds. The molecule has 0 aliphatic carbocycles. The van der Waals surface area contributed by atoms with E-state index >= 15 is 0 Å². The highest BCUT2D eigenvalue weighted by molar-refractivity contribution is 9.10. The molecule has 5 heteroatoms. The molecule has 1 aromatic carbocycles. The van der Waals surface area contributed by atoms with Gasteiger partial charge in [0.2, 0.25) is 0 Å². The smallest absolute Gasteiger partial charge is 0.308 e. The summed E-state index contributed by atoms with van der Waals surface area (Å²) in [5, 5.41) is 0. The van der Waals surface area contributed by atoms with E-state index in [1.165, 1.54) is 7.11 Å². The van der Waals surface area contributed by atoms with E-state index in [4.69, 9.17) is 9.47 Å². The van der Waals surface area contributed by atoms with Crippen LogP contribution in [0.1, 0.15) is 12.8 Å². The number of halogens is 1. The Hall–Kier alpha value is -1.07. The second-order valence-electron chi connectivity index (χ2n) is 4.94. The second-order valence-corrected chi connectivity index (χ2v) is 5.86. The van der Waals surface area contributed by atoms with E-state index < -0.39 is 0 Å². The first-order chi connectivity index (χ1) is 9.69. The summed E-state index contributed by atoms with van der Waals surface area (Å²) in [6, 6.07) is 7.85. The van der Waals surface area contributed by atoms with E-state index in [2.05, 4.69) is 20.8 Å². The van der Waals surface area contributed by atoms with E-state index in [-0.39, 0.29) is 11.9 Å². The summed E-state index contributed by atoms with van der Waals surface area (Å²) in [4.78, 5) is 13.8. The molecule has 20 heavy (non-hydrogen) atoms. The Morgan fingerprint density at radius 1 is 1.40 bits per heavy atom. The van der Waals surface area contributed by atoms with Crippen LogP contribution in [0.2, 0.25) is 0 Å². The maximum Gasteiger partial charge on any atom is 0.308 e. The highest BCUT2D eigenvalue weighted by Gasteiger charge is 2.25. The number of nitrogens with zero attached hydrogens (tertiary/aromatic N) is 1. The standard InChI is InChI=1S/C15H20BrNO3/c1-19-15(18)12-5-7-17(8-6-12)9-10-20-14-4-2-3-13(16)11-14/h2-4,11-12H,5-10H2,1H3. The summed E-state index contributed by atoms with van der Waals surface area (Å²) in [7, 11) is 1.46. The molecule has 0 saturated carbocycles. The summed E-state index contributed by atoms with van der Waals surface area (Å²) in [6.45, 7) is 3.42. The predicted octanol–water partition coefficient (Wildman–Crippen LogP) is 2.71. The van der Waals surface area contributed by atoms with Crippen molar-refractivity contribution in [1.29, 1.82) is 0 Å². The van der Waals surface area contributed by atoms with Crippen LogP contribution in [0.5, 0.6) is 5.75 Å². The predicted molar refractivity (Wildman–Crippen MR) is 80.8 cm³/mol. The first kappa shape index (κ1) is 15.3. The van der Waals surface area contributed by atoms with Gasteiger partial charge in [0.15, 0.2) is 0 Å². The van der Waals surface area contributed by atoms with E-state index in [9.17, 15) is 4.79 Å². The van der Waals surface area contributed by atoms with Crippen LogP contribution in [0.15, 0.2) is 28.7 Å². The van der Waals surface area contributed by atoms with Gasteiger partial charge in [-0.1, -0.05) is 22.0 Å². The normalized spacial score (nSPS) is 16.9. The first-order valence-electron chi connectivity index (χ1n) is 6.87. The number of benzene rings is 1. The summed E-state index contributed by atoms with van der Waals surface area (Å²) < 4.78 is 11.5. The lowest BCUT2D eigenvalue weighted by molar-refractivity contribution is -0.147. The highest BCUT2D eigenvalue weighted by Crippen LogP contribution is 2.19. The van der Waals surface area contributed by atoms with Crippen LogP contribution in [0.4, 0.5) is 0 Å². The van der Waals surface area contributed by atoms with E-state index in [0.717, 1.165) is 42.7 Å². The zero-order valence-electron chi connectivity index (χ0n) is 11.7. The van der Waals surface area contributed by atoms with Crippen molar-refractivity contribution in [3.63, 3.8) is 0 Å². The SMILES string of the molecule is COC(=O)C1CCN(CCOc2cccc(Br)c2)CC1. The van der Waals surface area contributed by atoms with Crippen molar-refractivity contribution in [1.82, 2.24) is 4.90 Å². The summed E-state index contributed by atoms with van der Waals surface area (Å²) in [5.41, 5.74) is 0. The van der Waals surface area contributed by atoms with Crippen molar-refractivity contribution in [2.75, 3.05) is 33.4 Å². The number of carbonyl (C=O) groups is 1. The maximum atomic E-state index is 11.4. The Kier molecular flexibility index (Phi) is 5.86. The van der Waals surface area contributed by atoms with Gasteiger partial charge in [-0.25, -0.2) is 0 Å². The molecule has 4 nitrogen and oxygen atoms in total. The molecule has 0 spiro atoms. The van der Waals surface area contributed by atoms with Gasteiger partial charge in [-0.3, -0.25) is 9.69 Å². The molecule has 1 heterocycles. The van der Waals surface area contributed by atoms with Crippen molar-refractivity contribution in [3.8, 4) is 5.75 Å². The third-order valence-electron chi connectivity index (χ3n) is 3.59. The Bertz CT molecular complexity index is 444. The van der Waals surface area contributed by atoms with Crippen LogP contribution in [0, 0.1) is 5.92 Å². The van der Waals surface area contributed by atoms with Gasteiger partial charge < -0.3 is 9.47 Å². The average Bonchev–Trinajstić information content (AvgIpc) is 2.47. The molecule has 2 rings (SSSR count). The molecule has 1 aliphatic rings. The molecule has 0 bridgehead atoms. The van der Waals surface area contributed by atoms with E-state index in [0.29, 0.717) is 6.61 Å². The maximum absolute atomic E-state index is 11.4. The van der Waals surface area contributed by atoms with Crippen LogP contribution < -0.4 is 4.74 Å². The van der Waals surface area contributed by atoms with Gasteiger partial charge in [0, 0.05) is 11.0 Å². The quantitative estimate of drug-likeness (QED) is 0.772. The fourth-order valence-corrected chi connectivity index (χ4v) is 2.79. The molecule has 110 valence electrons. The third-order valence-corrected chi connectivity index (χ3v) is 4.09. The molecule has 1 aromatic rings. The zero-order valence-corrected chi connectivity index (χ0v) is 13.3. The summed E-state index contributed by atoms with van der Waals surface area (Å²) >= 11 is 3.42. The van der Waals surface area contributed by atoms with Crippen molar-refractivity contribution >= 4 is 21.9 Å². The fourth-order valence-electron chi connectivity index (χ4n) is 2.41. The first-order valence-corrected chi connectivity index (χ1v) is 7.67. The number of carbonyl (C=O) groups excluding carboxylic acids is 1. The van der Waals surface area contributed by atoms with Gasteiger partial charge in [-0.05, 0) is 44.1 Å². The van der Waals surface area contributed by atoms with Gasteiger partial charge in [-0.15, -0.1) is 0 Å². The lowest BCUT2D eigenvalue weighted by Gasteiger charge is -2.30. The lowest BCUT2D eigenvalue weighted by atomic mass is 9.97. The highest BCUT2D eigenvalue weighted by atomic mass is 79.9. The van der Waals surface area contributed by atoms with E-state index in [1.54, 1.807) is 0 Å². The molecule has 0 atom stereocenters. The monoisotopic (exact) mass is 341 g/mol. The minimum absolute atomic E-state index is 0.0715. The van der Waals surface area contributed by atoms with Crippen molar-refractivity contribution in [2.45, 2.75) is 12.8 Å². The van der Waals surface area contributed by atoms with Crippen LogP contribution in [-0.4, -0.2) is 44.2 Å². The number of hydrogen-bond donors (Lipinski definition) is 0. The Labute approximate surface area is 128 Å². The number of esters is 1. The van der Waals surface area contributed by atoms with Gasteiger partial charge in [0.05, 0.1) is 13.0 Å². The van der Waals surface area contributed by atoms with Crippen molar-refractivity contribution < 1.29 is 14.3 Å².